The molecule has 1 amide bonds. The van der Waals surface area contributed by atoms with Crippen LogP contribution < -0.4 is 11.1 Å². The normalized spacial score (nSPS) is 13.8. The quantitative estimate of drug-likeness (QED) is 0.678. The second-order valence-corrected chi connectivity index (χ2v) is 3.88. The number of aliphatic carboxylic acids is 1. The average molecular weight is 236 g/mol. The van der Waals surface area contributed by atoms with Gasteiger partial charge in [0.25, 0.3) is 0 Å². The number of carboxylic acid groups (broad SMARTS) is 1. The highest BCUT2D eigenvalue weighted by molar-refractivity contribution is 5.86. The predicted molar refractivity (Wildman–Crippen MR) is 63.4 cm³/mol. The molecule has 0 aliphatic heterocycles. The second kappa shape index (κ2) is 6.00. The summed E-state index contributed by atoms with van der Waals surface area (Å²) in [5.41, 5.74) is 6.22. The second-order valence-electron chi connectivity index (χ2n) is 3.88. The molecule has 1 rings (SSSR count). The van der Waals surface area contributed by atoms with Crippen molar-refractivity contribution in [1.82, 2.24) is 5.32 Å². The number of carbonyl (C=O) groups excluding carboxylic acids is 1. The van der Waals surface area contributed by atoms with Crippen molar-refractivity contribution in [3.8, 4) is 0 Å². The van der Waals surface area contributed by atoms with Crippen molar-refractivity contribution in [2.75, 3.05) is 0 Å². The van der Waals surface area contributed by atoms with Gasteiger partial charge in [-0.2, -0.15) is 0 Å². The van der Waals surface area contributed by atoms with Gasteiger partial charge in [0, 0.05) is 6.42 Å². The summed E-state index contributed by atoms with van der Waals surface area (Å²) < 4.78 is 0. The van der Waals surface area contributed by atoms with Crippen LogP contribution in [0.25, 0.3) is 0 Å². The summed E-state index contributed by atoms with van der Waals surface area (Å²) in [5, 5.41) is 11.4. The third-order valence-electron chi connectivity index (χ3n) is 2.31. The van der Waals surface area contributed by atoms with E-state index in [1.54, 1.807) is 0 Å². The molecule has 5 nitrogen and oxygen atoms in total. The molecule has 5 heteroatoms. The van der Waals surface area contributed by atoms with E-state index in [0.29, 0.717) is 0 Å². The Balaban J connectivity index is 2.68. The van der Waals surface area contributed by atoms with E-state index in [-0.39, 0.29) is 6.42 Å². The van der Waals surface area contributed by atoms with Crippen LogP contribution in [0.2, 0.25) is 0 Å². The van der Waals surface area contributed by atoms with Crippen molar-refractivity contribution in [3.63, 3.8) is 0 Å². The Kier molecular flexibility index (Phi) is 4.66. The van der Waals surface area contributed by atoms with E-state index in [2.05, 4.69) is 5.32 Å². The van der Waals surface area contributed by atoms with Crippen molar-refractivity contribution < 1.29 is 14.7 Å². The number of rotatable bonds is 5. The molecule has 0 unspecified atom stereocenters. The maximum Gasteiger partial charge on any atom is 0.326 e. The summed E-state index contributed by atoms with van der Waals surface area (Å²) in [4.78, 5) is 22.4. The number of nitrogens with one attached hydrogen (secondary N) is 1. The number of carboxylic acids is 1. The van der Waals surface area contributed by atoms with E-state index in [0.717, 1.165) is 5.56 Å². The highest BCUT2D eigenvalue weighted by Crippen LogP contribution is 2.03. The van der Waals surface area contributed by atoms with E-state index >= 15 is 0 Å². The van der Waals surface area contributed by atoms with Crippen molar-refractivity contribution in [3.05, 3.63) is 35.9 Å². The lowest BCUT2D eigenvalue weighted by molar-refractivity contribution is -0.141. The molecule has 0 saturated heterocycles. The Bertz CT molecular complexity index is 390. The first kappa shape index (κ1) is 13.2. The Morgan fingerprint density at radius 1 is 1.35 bits per heavy atom. The maximum atomic E-state index is 11.3. The van der Waals surface area contributed by atoms with Gasteiger partial charge in [-0.05, 0) is 12.5 Å². The molecule has 0 fully saturated rings. The minimum atomic E-state index is -1.07. The van der Waals surface area contributed by atoms with Gasteiger partial charge < -0.3 is 16.2 Å². The molecule has 2 atom stereocenters. The molecule has 0 aliphatic rings. The van der Waals surface area contributed by atoms with Gasteiger partial charge in [0.1, 0.15) is 6.04 Å². The number of hydrogen-bond acceptors (Lipinski definition) is 3. The zero-order valence-corrected chi connectivity index (χ0v) is 9.59. The molecule has 0 aromatic heterocycles. The molecular weight excluding hydrogens is 220 g/mol. The summed E-state index contributed by atoms with van der Waals surface area (Å²) in [5.74, 6) is -1.53. The third-order valence-corrected chi connectivity index (χ3v) is 2.31. The van der Waals surface area contributed by atoms with Crippen LogP contribution in [-0.2, 0) is 16.0 Å². The minimum Gasteiger partial charge on any atom is -0.480 e. The lowest BCUT2D eigenvalue weighted by Gasteiger charge is -2.16. The van der Waals surface area contributed by atoms with Crippen LogP contribution in [0.5, 0.6) is 0 Å². The van der Waals surface area contributed by atoms with Gasteiger partial charge in [-0.1, -0.05) is 30.3 Å². The van der Waals surface area contributed by atoms with E-state index in [4.69, 9.17) is 10.8 Å². The molecular formula is C12H16N2O3. The van der Waals surface area contributed by atoms with Crippen LogP contribution in [-0.4, -0.2) is 29.1 Å². The molecule has 0 spiro atoms. The van der Waals surface area contributed by atoms with Crippen LogP contribution in [0.4, 0.5) is 0 Å². The number of amides is 1. The first-order chi connectivity index (χ1) is 8.00. The van der Waals surface area contributed by atoms with Crippen molar-refractivity contribution >= 4 is 11.9 Å². The molecule has 0 saturated carbocycles. The monoisotopic (exact) mass is 236 g/mol. The molecule has 4 N–H and O–H groups in total. The molecule has 92 valence electrons. The number of benzene rings is 1. The molecule has 0 heterocycles. The lowest BCUT2D eigenvalue weighted by atomic mass is 10.1. The zero-order valence-electron chi connectivity index (χ0n) is 9.59. The fraction of sp³-hybridized carbons (Fsp3) is 0.333. The van der Waals surface area contributed by atoms with Gasteiger partial charge in [0.2, 0.25) is 5.91 Å². The van der Waals surface area contributed by atoms with E-state index in [9.17, 15) is 9.59 Å². The topological polar surface area (TPSA) is 92.4 Å². The van der Waals surface area contributed by atoms with Crippen molar-refractivity contribution in [2.24, 2.45) is 5.73 Å². The largest absolute Gasteiger partial charge is 0.480 e. The van der Waals surface area contributed by atoms with Crippen LogP contribution in [0.15, 0.2) is 30.3 Å². The van der Waals surface area contributed by atoms with Crippen molar-refractivity contribution in [2.45, 2.75) is 25.4 Å². The van der Waals surface area contributed by atoms with E-state index < -0.39 is 24.0 Å². The Labute approximate surface area is 99.6 Å². The lowest BCUT2D eigenvalue weighted by Crippen LogP contribution is -2.48. The first-order valence-corrected chi connectivity index (χ1v) is 5.33. The summed E-state index contributed by atoms with van der Waals surface area (Å²) >= 11 is 0. The van der Waals surface area contributed by atoms with Gasteiger partial charge >= 0.3 is 5.97 Å². The summed E-state index contributed by atoms with van der Waals surface area (Å²) in [7, 11) is 0. The summed E-state index contributed by atoms with van der Waals surface area (Å²) in [6.07, 6.45) is 0.245. The standard InChI is InChI=1S/C12H16N2O3/c1-8(13)11(15)14-10(12(16)17)7-9-5-3-2-4-6-9/h2-6,8,10H,7,13H2,1H3,(H,14,15)(H,16,17)/t8-,10-/m1/s1. The van der Waals surface area contributed by atoms with Gasteiger partial charge in [-0.25, -0.2) is 4.79 Å². The van der Waals surface area contributed by atoms with E-state index in [1.165, 1.54) is 6.92 Å². The molecule has 1 aromatic carbocycles. The third kappa shape index (κ3) is 4.24. The van der Waals surface area contributed by atoms with E-state index in [1.807, 2.05) is 30.3 Å². The molecule has 0 radical (unpaired) electrons. The zero-order chi connectivity index (χ0) is 12.8. The number of hydrogen-bond donors (Lipinski definition) is 3. The smallest absolute Gasteiger partial charge is 0.326 e. The highest BCUT2D eigenvalue weighted by atomic mass is 16.4. The number of carbonyl (C=O) groups is 2. The number of nitrogens with two attached hydrogens (primary N) is 1. The average Bonchev–Trinajstić information content (AvgIpc) is 2.29. The van der Waals surface area contributed by atoms with Crippen LogP contribution in [0, 0.1) is 0 Å². The van der Waals surface area contributed by atoms with Gasteiger partial charge in [0.05, 0.1) is 6.04 Å². The van der Waals surface area contributed by atoms with Crippen molar-refractivity contribution in [1.29, 1.82) is 0 Å². The SMILES string of the molecule is C[C@@H](N)C(=O)N[C@H](Cc1ccccc1)C(=O)O. The fourth-order valence-corrected chi connectivity index (χ4v) is 1.35. The summed E-state index contributed by atoms with van der Waals surface area (Å²) in [6.45, 7) is 1.51. The molecule has 1 aromatic rings. The fourth-order valence-electron chi connectivity index (χ4n) is 1.35. The molecule has 0 bridgehead atoms. The highest BCUT2D eigenvalue weighted by Gasteiger charge is 2.21. The summed E-state index contributed by atoms with van der Waals surface area (Å²) in [6, 6.07) is 7.45. The Hall–Kier alpha value is -1.88. The minimum absolute atomic E-state index is 0.245. The molecule has 17 heavy (non-hydrogen) atoms. The van der Waals surface area contributed by atoms with Gasteiger partial charge in [-0.15, -0.1) is 0 Å². The van der Waals surface area contributed by atoms with Crippen LogP contribution in [0.1, 0.15) is 12.5 Å². The Morgan fingerprint density at radius 2 is 1.94 bits per heavy atom. The molecule has 0 aliphatic carbocycles. The first-order valence-electron chi connectivity index (χ1n) is 5.33. The van der Waals surface area contributed by atoms with Gasteiger partial charge in [-0.3, -0.25) is 4.79 Å². The maximum absolute atomic E-state index is 11.3. The predicted octanol–water partition coefficient (Wildman–Crippen LogP) is 0.146. The Morgan fingerprint density at radius 3 is 2.41 bits per heavy atom. The van der Waals surface area contributed by atoms with Gasteiger partial charge in [0.15, 0.2) is 0 Å². The van der Waals surface area contributed by atoms with Crippen LogP contribution >= 0.6 is 0 Å². The van der Waals surface area contributed by atoms with Crippen LogP contribution in [0.3, 0.4) is 0 Å².